The number of carbonyl (C=O) groups excluding carboxylic acids is 1. The molecule has 0 atom stereocenters. The summed E-state index contributed by atoms with van der Waals surface area (Å²) in [6.07, 6.45) is 7.64. The molecule has 0 unspecified atom stereocenters. The van der Waals surface area contributed by atoms with Crippen LogP contribution in [0.4, 0.5) is 0 Å². The number of halogens is 2. The van der Waals surface area contributed by atoms with Crippen LogP contribution in [0.3, 0.4) is 0 Å². The van der Waals surface area contributed by atoms with Crippen molar-refractivity contribution in [3.05, 3.63) is 58.0 Å². The molecule has 0 radical (unpaired) electrons. The molecule has 1 aliphatic heterocycles. The van der Waals surface area contributed by atoms with Crippen LogP contribution in [-0.2, 0) is 9.53 Å². The molecule has 2 nitrogen and oxygen atoms in total. The predicted molar refractivity (Wildman–Crippen MR) is 114 cm³/mol. The van der Waals surface area contributed by atoms with E-state index in [1.165, 1.54) is 22.5 Å². The third-order valence-corrected chi connectivity index (χ3v) is 17.7. The van der Waals surface area contributed by atoms with Gasteiger partial charge in [0.2, 0.25) is 0 Å². The maximum absolute atomic E-state index is 11.3. The molecule has 1 aromatic carbocycles. The van der Waals surface area contributed by atoms with Gasteiger partial charge in [-0.15, -0.1) is 0 Å². The number of esters is 1. The van der Waals surface area contributed by atoms with Crippen molar-refractivity contribution in [1.82, 2.24) is 0 Å². The van der Waals surface area contributed by atoms with Gasteiger partial charge in [-0.1, -0.05) is 0 Å². The summed E-state index contributed by atoms with van der Waals surface area (Å²) in [6, 6.07) is 8.09. The topological polar surface area (TPSA) is 26.3 Å². The second-order valence-electron chi connectivity index (χ2n) is 5.66. The molecule has 0 aromatic heterocycles. The zero-order valence-electron chi connectivity index (χ0n) is 14.4. The summed E-state index contributed by atoms with van der Waals surface area (Å²) in [4.78, 5) is 12.7. The van der Waals surface area contributed by atoms with E-state index >= 15 is 0 Å². The van der Waals surface area contributed by atoms with E-state index in [0.717, 1.165) is 17.9 Å². The molecule has 2 rings (SSSR count). The van der Waals surface area contributed by atoms with Gasteiger partial charge in [-0.3, -0.25) is 0 Å². The second kappa shape index (κ2) is 10.9. The first-order chi connectivity index (χ1) is 12.1. The molecule has 0 saturated carbocycles. The molecule has 132 valence electrons. The molecule has 0 fully saturated rings. The second-order valence-corrected chi connectivity index (χ2v) is 17.9. The van der Waals surface area contributed by atoms with Crippen molar-refractivity contribution in [3.63, 3.8) is 0 Å². The molecular formula is C19H21BrClInO2S. The summed E-state index contributed by atoms with van der Waals surface area (Å²) in [6.45, 7) is 2.24. The van der Waals surface area contributed by atoms with Gasteiger partial charge in [-0.05, 0) is 0 Å². The Morgan fingerprint density at radius 1 is 1.36 bits per heavy atom. The molecular weight excluding hydrogens is 522 g/mol. The van der Waals surface area contributed by atoms with Crippen molar-refractivity contribution in [1.29, 1.82) is 0 Å². The summed E-state index contributed by atoms with van der Waals surface area (Å²) >= 11 is 9.82. The Balaban J connectivity index is 1.99. The van der Waals surface area contributed by atoms with Gasteiger partial charge in [0.15, 0.2) is 0 Å². The van der Waals surface area contributed by atoms with E-state index in [0.29, 0.717) is 6.61 Å². The van der Waals surface area contributed by atoms with Crippen molar-refractivity contribution >= 4 is 72.3 Å². The average Bonchev–Trinajstić information content (AvgIpc) is 2.91. The Labute approximate surface area is 175 Å². The molecule has 0 spiro atoms. The third-order valence-electron chi connectivity index (χ3n) is 3.94. The Morgan fingerprint density at radius 2 is 2.08 bits per heavy atom. The Kier molecular flexibility index (Phi) is 9.25. The van der Waals surface area contributed by atoms with E-state index in [4.69, 9.17) is 16.3 Å². The van der Waals surface area contributed by atoms with Gasteiger partial charge in [-0.25, -0.2) is 0 Å². The van der Waals surface area contributed by atoms with Crippen LogP contribution in [0, 0.1) is 0 Å². The van der Waals surface area contributed by atoms with Crippen LogP contribution in [0.2, 0.25) is 9.20 Å². The first kappa shape index (κ1) is 21.2. The first-order valence-corrected chi connectivity index (χ1v) is 16.6. The molecule has 0 amide bonds. The SMILES string of the molecule is CCOC(=O)/C=C/CC[CH2][In]1[CH]=C(SC)C(c2ccc(Cl)cc2)=[C]1Br. The third kappa shape index (κ3) is 6.23. The van der Waals surface area contributed by atoms with Crippen molar-refractivity contribution in [3.8, 4) is 0 Å². The fourth-order valence-electron chi connectivity index (χ4n) is 2.74. The van der Waals surface area contributed by atoms with Crippen LogP contribution < -0.4 is 0 Å². The van der Waals surface area contributed by atoms with Crippen LogP contribution in [-0.4, -0.2) is 40.3 Å². The van der Waals surface area contributed by atoms with Gasteiger partial charge in [0.05, 0.1) is 0 Å². The van der Waals surface area contributed by atoms with Gasteiger partial charge >= 0.3 is 177 Å². The minimum absolute atomic E-state index is 0.248. The summed E-state index contributed by atoms with van der Waals surface area (Å²) in [5.41, 5.74) is 2.59. The molecule has 25 heavy (non-hydrogen) atoms. The van der Waals surface area contributed by atoms with Crippen LogP contribution in [0.1, 0.15) is 25.3 Å². The van der Waals surface area contributed by atoms with E-state index in [1.54, 1.807) is 6.08 Å². The zero-order chi connectivity index (χ0) is 18.2. The summed E-state index contributed by atoms with van der Waals surface area (Å²) in [5.74, 6) is -0.248. The Hall–Kier alpha value is -0.0999. The summed E-state index contributed by atoms with van der Waals surface area (Å²) in [7, 11) is 0. The van der Waals surface area contributed by atoms with Gasteiger partial charge in [0, 0.05) is 0 Å². The Morgan fingerprint density at radius 3 is 2.72 bits per heavy atom. The number of hydrogen-bond donors (Lipinski definition) is 0. The summed E-state index contributed by atoms with van der Waals surface area (Å²) < 4.78 is 10.1. The fraction of sp³-hybridized carbons (Fsp3) is 0.316. The van der Waals surface area contributed by atoms with Crippen LogP contribution in [0.15, 0.2) is 47.4 Å². The maximum atomic E-state index is 11.3. The van der Waals surface area contributed by atoms with Gasteiger partial charge in [-0.2, -0.15) is 0 Å². The van der Waals surface area contributed by atoms with Gasteiger partial charge in [0.25, 0.3) is 0 Å². The monoisotopic (exact) mass is 542 g/mol. The number of rotatable bonds is 8. The van der Waals surface area contributed by atoms with E-state index in [-0.39, 0.29) is 5.97 Å². The first-order valence-electron chi connectivity index (χ1n) is 8.31. The van der Waals surface area contributed by atoms with Crippen molar-refractivity contribution in [2.75, 3.05) is 12.9 Å². The quantitative estimate of drug-likeness (QED) is 0.223. The van der Waals surface area contributed by atoms with Crippen molar-refractivity contribution in [2.24, 2.45) is 0 Å². The fourth-order valence-corrected chi connectivity index (χ4v) is 16.0. The Bertz CT molecular complexity index is 698. The number of ether oxygens (including phenoxy) is 1. The molecule has 0 saturated heterocycles. The average molecular weight is 544 g/mol. The number of unbranched alkanes of at least 4 members (excludes halogenated alkanes) is 1. The van der Waals surface area contributed by atoms with E-state index in [9.17, 15) is 4.79 Å². The number of thioether (sulfide) groups is 1. The molecule has 0 bridgehead atoms. The van der Waals surface area contributed by atoms with Crippen LogP contribution in [0.25, 0.3) is 5.57 Å². The molecule has 1 aromatic rings. The normalized spacial score (nSPS) is 14.4. The van der Waals surface area contributed by atoms with E-state index in [1.807, 2.05) is 36.9 Å². The molecule has 0 N–H and O–H groups in total. The van der Waals surface area contributed by atoms with Gasteiger partial charge < -0.3 is 0 Å². The van der Waals surface area contributed by atoms with Crippen molar-refractivity contribution in [2.45, 2.75) is 23.9 Å². The number of hydrogen-bond acceptors (Lipinski definition) is 3. The predicted octanol–water partition coefficient (Wildman–Crippen LogP) is 6.18. The number of allylic oxidation sites excluding steroid dienone is 2. The molecule has 6 heteroatoms. The molecule has 1 aliphatic rings. The molecule has 0 aliphatic carbocycles. The van der Waals surface area contributed by atoms with E-state index < -0.39 is 21.4 Å². The summed E-state index contributed by atoms with van der Waals surface area (Å²) in [5, 5.41) is 0.765. The number of benzene rings is 1. The minimum atomic E-state index is -1.92. The van der Waals surface area contributed by atoms with E-state index in [2.05, 4.69) is 38.2 Å². The zero-order valence-corrected chi connectivity index (χ0v) is 20.9. The van der Waals surface area contributed by atoms with Crippen molar-refractivity contribution < 1.29 is 9.53 Å². The van der Waals surface area contributed by atoms with Gasteiger partial charge in [0.1, 0.15) is 0 Å². The number of carbonyl (C=O) groups is 1. The standard InChI is InChI=1S/C11H8BrClS.C8H13O2.In/c1-8(14-2)11(7-12)9-3-5-10(13)6-4-9;1-3-5-6-7-8(9)10-4-2;/h1,3-6H,2H3;6-7H,1,3-5H2,2H3;/b;7-6+;. The molecule has 1 heterocycles. The van der Waals surface area contributed by atoms with Crippen LogP contribution in [0.5, 0.6) is 0 Å². The van der Waals surface area contributed by atoms with Crippen LogP contribution >= 0.6 is 39.3 Å².